The van der Waals surface area contributed by atoms with E-state index in [1.54, 1.807) is 0 Å². The molecule has 4 aliphatic rings. The number of rotatable bonds is 2. The van der Waals surface area contributed by atoms with Crippen molar-refractivity contribution in [3.8, 4) is 0 Å². The van der Waals surface area contributed by atoms with Gasteiger partial charge in [0, 0.05) is 12.0 Å². The highest BCUT2D eigenvalue weighted by Gasteiger charge is 2.61. The second-order valence-electron chi connectivity index (χ2n) is 11.0. The first-order valence-corrected chi connectivity index (χ1v) is 11.0. The molecule has 0 bridgehead atoms. The van der Waals surface area contributed by atoms with Crippen LogP contribution in [0.15, 0.2) is 0 Å². The smallest absolute Gasteiger partial charge is 0.133 e. The standard InChI is InChI=1S/C23H39NO2/c1-14(25)17-8-9-18-16-7-6-15-12-21(26)20(24(4)5)13-23(15,3)19(16)10-11-22(17,18)2/h15-21,26H,6-13H2,1-5H3/t15-,16-,17+,18-,19-,20?,21-,22+,23-/m0/s1. The zero-order valence-electron chi connectivity index (χ0n) is 17.5. The van der Waals surface area contributed by atoms with Crippen LogP contribution in [0, 0.1) is 40.4 Å². The Morgan fingerprint density at radius 2 is 1.69 bits per heavy atom. The van der Waals surface area contributed by atoms with Crippen molar-refractivity contribution >= 4 is 5.78 Å². The summed E-state index contributed by atoms with van der Waals surface area (Å²) in [5.74, 6) is 3.77. The lowest BCUT2D eigenvalue weighted by molar-refractivity contribution is -0.149. The number of hydrogen-bond acceptors (Lipinski definition) is 3. The van der Waals surface area contributed by atoms with Gasteiger partial charge in [0.15, 0.2) is 0 Å². The van der Waals surface area contributed by atoms with Crippen molar-refractivity contribution in [2.24, 2.45) is 40.4 Å². The SMILES string of the molecule is CC(=O)[C@H]1CC[C@H]2[C@@H]3CC[C@H]4C[C@H](O)C(N(C)C)C[C@]4(C)[C@H]3CC[C@]12C. The molecule has 1 N–H and O–H groups in total. The van der Waals surface area contributed by atoms with E-state index in [1.807, 2.05) is 6.92 Å². The molecule has 4 fully saturated rings. The minimum atomic E-state index is -0.165. The molecule has 0 spiro atoms. The van der Waals surface area contributed by atoms with Gasteiger partial charge < -0.3 is 10.0 Å². The second-order valence-corrected chi connectivity index (χ2v) is 11.0. The molecule has 4 rings (SSSR count). The molecule has 4 saturated carbocycles. The van der Waals surface area contributed by atoms with Gasteiger partial charge in [-0.25, -0.2) is 0 Å². The van der Waals surface area contributed by atoms with E-state index < -0.39 is 0 Å². The van der Waals surface area contributed by atoms with Crippen LogP contribution in [0.25, 0.3) is 0 Å². The largest absolute Gasteiger partial charge is 0.391 e. The van der Waals surface area contributed by atoms with Crippen molar-refractivity contribution in [1.82, 2.24) is 4.90 Å². The Labute approximate surface area is 159 Å². The molecule has 4 aliphatic carbocycles. The summed E-state index contributed by atoms with van der Waals surface area (Å²) in [4.78, 5) is 14.5. The topological polar surface area (TPSA) is 40.5 Å². The first-order valence-electron chi connectivity index (χ1n) is 11.0. The van der Waals surface area contributed by atoms with Crippen molar-refractivity contribution in [3.63, 3.8) is 0 Å². The molecule has 3 heteroatoms. The predicted octanol–water partition coefficient (Wildman–Crippen LogP) is 4.14. The van der Waals surface area contributed by atoms with Crippen LogP contribution in [-0.4, -0.2) is 42.0 Å². The van der Waals surface area contributed by atoms with E-state index in [-0.39, 0.29) is 11.5 Å². The number of ketones is 1. The third-order valence-corrected chi connectivity index (χ3v) is 9.84. The fraction of sp³-hybridized carbons (Fsp3) is 0.957. The minimum absolute atomic E-state index is 0.165. The Hall–Kier alpha value is -0.410. The highest BCUT2D eigenvalue weighted by molar-refractivity contribution is 5.79. The first-order chi connectivity index (χ1) is 12.2. The number of carbonyl (C=O) groups excluding carboxylic acids is 1. The van der Waals surface area contributed by atoms with Crippen molar-refractivity contribution in [1.29, 1.82) is 0 Å². The number of aliphatic hydroxyl groups is 1. The third-order valence-electron chi connectivity index (χ3n) is 9.84. The van der Waals surface area contributed by atoms with Gasteiger partial charge in [0.25, 0.3) is 0 Å². The molecule has 26 heavy (non-hydrogen) atoms. The molecule has 1 unspecified atom stereocenters. The number of fused-ring (bicyclic) bond motifs is 5. The quantitative estimate of drug-likeness (QED) is 0.804. The zero-order valence-corrected chi connectivity index (χ0v) is 17.5. The Bertz CT molecular complexity index is 575. The monoisotopic (exact) mass is 361 g/mol. The predicted molar refractivity (Wildman–Crippen MR) is 105 cm³/mol. The summed E-state index contributed by atoms with van der Waals surface area (Å²) in [6, 6.07) is 0.303. The van der Waals surface area contributed by atoms with E-state index in [4.69, 9.17) is 0 Å². The number of nitrogens with zero attached hydrogens (tertiary/aromatic N) is 1. The number of aliphatic hydroxyl groups excluding tert-OH is 1. The van der Waals surface area contributed by atoms with Gasteiger partial charge in [-0.15, -0.1) is 0 Å². The van der Waals surface area contributed by atoms with Gasteiger partial charge in [0.1, 0.15) is 5.78 Å². The third kappa shape index (κ3) is 2.56. The lowest BCUT2D eigenvalue weighted by Crippen LogP contribution is -2.58. The molecular formula is C23H39NO2. The maximum atomic E-state index is 12.3. The minimum Gasteiger partial charge on any atom is -0.391 e. The summed E-state index contributed by atoms with van der Waals surface area (Å²) >= 11 is 0. The van der Waals surface area contributed by atoms with Crippen molar-refractivity contribution in [2.45, 2.75) is 84.3 Å². The molecule has 0 heterocycles. The van der Waals surface area contributed by atoms with Crippen molar-refractivity contribution < 1.29 is 9.90 Å². The highest BCUT2D eigenvalue weighted by atomic mass is 16.3. The van der Waals surface area contributed by atoms with E-state index in [2.05, 4.69) is 32.8 Å². The maximum absolute atomic E-state index is 12.3. The van der Waals surface area contributed by atoms with E-state index in [9.17, 15) is 9.90 Å². The molecular weight excluding hydrogens is 322 g/mol. The molecule has 3 nitrogen and oxygen atoms in total. The Kier molecular flexibility index (Phi) is 4.59. The molecule has 9 atom stereocenters. The van der Waals surface area contributed by atoms with E-state index in [1.165, 1.54) is 32.1 Å². The Morgan fingerprint density at radius 3 is 2.35 bits per heavy atom. The molecule has 148 valence electrons. The van der Waals surface area contributed by atoms with Crippen LogP contribution in [0.2, 0.25) is 0 Å². The van der Waals surface area contributed by atoms with Gasteiger partial charge >= 0.3 is 0 Å². The van der Waals surface area contributed by atoms with Crippen LogP contribution in [0.3, 0.4) is 0 Å². The maximum Gasteiger partial charge on any atom is 0.133 e. The van der Waals surface area contributed by atoms with Gasteiger partial charge in [0.2, 0.25) is 0 Å². The van der Waals surface area contributed by atoms with Gasteiger partial charge in [-0.3, -0.25) is 4.79 Å². The fourth-order valence-corrected chi connectivity index (χ4v) is 8.47. The van der Waals surface area contributed by atoms with E-state index in [0.717, 1.165) is 37.0 Å². The van der Waals surface area contributed by atoms with Gasteiger partial charge in [-0.1, -0.05) is 13.8 Å². The van der Waals surface area contributed by atoms with Crippen molar-refractivity contribution in [2.75, 3.05) is 14.1 Å². The van der Waals surface area contributed by atoms with Crippen LogP contribution in [0.5, 0.6) is 0 Å². The van der Waals surface area contributed by atoms with Crippen LogP contribution >= 0.6 is 0 Å². The number of likely N-dealkylation sites (N-methyl/N-ethyl adjacent to an activating group) is 1. The number of carbonyl (C=O) groups is 1. The molecule has 0 amide bonds. The second kappa shape index (κ2) is 6.30. The van der Waals surface area contributed by atoms with Gasteiger partial charge in [-0.2, -0.15) is 0 Å². The average Bonchev–Trinajstić information content (AvgIpc) is 2.92. The summed E-state index contributed by atoms with van der Waals surface area (Å²) in [5, 5.41) is 10.7. The van der Waals surface area contributed by atoms with Gasteiger partial charge in [0.05, 0.1) is 6.10 Å². The number of hydrogen-bond donors (Lipinski definition) is 1. The summed E-state index contributed by atoms with van der Waals surface area (Å²) in [6.45, 7) is 6.82. The van der Waals surface area contributed by atoms with Crippen LogP contribution in [0.4, 0.5) is 0 Å². The molecule has 0 radical (unpaired) electrons. The zero-order chi connectivity index (χ0) is 18.9. The molecule has 0 aromatic heterocycles. The van der Waals surface area contributed by atoms with Crippen molar-refractivity contribution in [3.05, 3.63) is 0 Å². The summed E-state index contributed by atoms with van der Waals surface area (Å²) in [5.41, 5.74) is 0.623. The molecule has 0 aromatic rings. The normalized spacial score (nSPS) is 53.7. The lowest BCUT2D eigenvalue weighted by Gasteiger charge is -2.62. The Morgan fingerprint density at radius 1 is 1.00 bits per heavy atom. The van der Waals surface area contributed by atoms with Gasteiger partial charge in [-0.05, 0) is 107 Å². The van der Waals surface area contributed by atoms with Crippen LogP contribution < -0.4 is 0 Å². The lowest BCUT2D eigenvalue weighted by atomic mass is 9.44. The number of Topliss-reactive ketones (excluding diaryl/α,β-unsaturated/α-hetero) is 1. The van der Waals surface area contributed by atoms with E-state index in [0.29, 0.717) is 29.1 Å². The highest BCUT2D eigenvalue weighted by Crippen LogP contribution is 2.67. The summed E-state index contributed by atoms with van der Waals surface area (Å²) in [6.07, 6.45) is 9.50. The van der Waals surface area contributed by atoms with Crippen LogP contribution in [-0.2, 0) is 4.79 Å². The van der Waals surface area contributed by atoms with Crippen LogP contribution in [0.1, 0.15) is 72.1 Å². The molecule has 0 aliphatic heterocycles. The first kappa shape index (κ1) is 18.9. The summed E-state index contributed by atoms with van der Waals surface area (Å²) in [7, 11) is 4.26. The van der Waals surface area contributed by atoms with E-state index >= 15 is 0 Å². The molecule has 0 aromatic carbocycles. The Balaban J connectivity index is 1.62. The fourth-order valence-electron chi connectivity index (χ4n) is 8.47. The molecule has 0 saturated heterocycles. The summed E-state index contributed by atoms with van der Waals surface area (Å²) < 4.78 is 0. The average molecular weight is 362 g/mol.